The van der Waals surface area contributed by atoms with Crippen LogP contribution in [0, 0.1) is 0 Å². The molecule has 0 unspecified atom stereocenters. The van der Waals surface area contributed by atoms with Gasteiger partial charge in [0, 0.05) is 44.8 Å². The minimum atomic E-state index is 0.0776. The van der Waals surface area contributed by atoms with E-state index >= 15 is 0 Å². The summed E-state index contributed by atoms with van der Waals surface area (Å²) in [6, 6.07) is 6.08. The molecule has 0 N–H and O–H groups in total. The summed E-state index contributed by atoms with van der Waals surface area (Å²) in [5.41, 5.74) is 0.804. The van der Waals surface area contributed by atoms with Gasteiger partial charge in [-0.3, -0.25) is 9.69 Å². The van der Waals surface area contributed by atoms with Crippen molar-refractivity contribution in [2.24, 2.45) is 0 Å². The maximum absolute atomic E-state index is 11.8. The van der Waals surface area contributed by atoms with Crippen LogP contribution in [0.5, 0.6) is 11.8 Å². The van der Waals surface area contributed by atoms with E-state index in [9.17, 15) is 4.79 Å². The van der Waals surface area contributed by atoms with Gasteiger partial charge in [-0.05, 0) is 25.0 Å². The van der Waals surface area contributed by atoms with Crippen molar-refractivity contribution in [1.29, 1.82) is 0 Å². The Kier molecular flexibility index (Phi) is 5.33. The summed E-state index contributed by atoms with van der Waals surface area (Å²) >= 11 is 0. The molecule has 1 saturated heterocycles. The van der Waals surface area contributed by atoms with Gasteiger partial charge >= 0.3 is 6.01 Å². The van der Waals surface area contributed by atoms with Crippen LogP contribution in [-0.4, -0.2) is 72.6 Å². The van der Waals surface area contributed by atoms with E-state index < -0.39 is 0 Å². The van der Waals surface area contributed by atoms with Gasteiger partial charge in [0.25, 0.3) is 0 Å². The number of carbonyl (C=O) groups excluding carboxylic acids is 1. The average molecular weight is 344 g/mol. The second-order valence-electron chi connectivity index (χ2n) is 6.46. The molecule has 7 nitrogen and oxygen atoms in total. The van der Waals surface area contributed by atoms with Crippen LogP contribution in [-0.2, 0) is 4.79 Å². The monoisotopic (exact) mass is 344 g/mol. The average Bonchev–Trinajstić information content (AvgIpc) is 2.62. The second-order valence-corrected chi connectivity index (χ2v) is 6.46. The van der Waals surface area contributed by atoms with Gasteiger partial charge in [0.15, 0.2) is 0 Å². The van der Waals surface area contributed by atoms with Gasteiger partial charge in [0.05, 0.1) is 19.2 Å². The largest absolute Gasteiger partial charge is 0.497 e. The van der Waals surface area contributed by atoms with E-state index in [1.54, 1.807) is 32.3 Å². The molecule has 1 aromatic carbocycles. The van der Waals surface area contributed by atoms with E-state index in [0.29, 0.717) is 12.6 Å². The van der Waals surface area contributed by atoms with Crippen molar-refractivity contribution in [3.8, 4) is 11.8 Å². The van der Waals surface area contributed by atoms with Gasteiger partial charge in [0.1, 0.15) is 11.9 Å². The van der Waals surface area contributed by atoms with Crippen LogP contribution < -0.4 is 9.47 Å². The summed E-state index contributed by atoms with van der Waals surface area (Å²) in [7, 11) is 5.20. The van der Waals surface area contributed by atoms with Crippen molar-refractivity contribution in [3.63, 3.8) is 0 Å². The van der Waals surface area contributed by atoms with Gasteiger partial charge in [-0.2, -0.15) is 4.98 Å². The van der Waals surface area contributed by atoms with E-state index in [1.165, 1.54) is 0 Å². The lowest BCUT2D eigenvalue weighted by Crippen LogP contribution is -2.43. The number of methoxy groups -OCH3 is 1. The second kappa shape index (κ2) is 7.65. The predicted octanol–water partition coefficient (Wildman–Crippen LogP) is 1.57. The fourth-order valence-electron chi connectivity index (χ4n) is 2.84. The SMILES string of the molecule is COc1ccc2cnc(OC3CCN(CC(=O)N(C)C)CC3)nc2c1. The number of piperidine rings is 1. The van der Waals surface area contributed by atoms with E-state index in [2.05, 4.69) is 14.9 Å². The summed E-state index contributed by atoms with van der Waals surface area (Å²) in [5.74, 6) is 0.891. The Bertz CT molecular complexity index is 742. The number of benzene rings is 1. The molecule has 0 saturated carbocycles. The first kappa shape index (κ1) is 17.4. The summed E-state index contributed by atoms with van der Waals surface area (Å²) in [6.07, 6.45) is 3.57. The third-order valence-electron chi connectivity index (χ3n) is 4.43. The first-order valence-corrected chi connectivity index (χ1v) is 8.45. The fourth-order valence-corrected chi connectivity index (χ4v) is 2.84. The number of amides is 1. The topological polar surface area (TPSA) is 67.8 Å². The Hall–Kier alpha value is -2.41. The lowest BCUT2D eigenvalue weighted by molar-refractivity contribution is -0.130. The Balaban J connectivity index is 1.58. The molecule has 1 aromatic heterocycles. The minimum Gasteiger partial charge on any atom is -0.497 e. The highest BCUT2D eigenvalue weighted by atomic mass is 16.5. The number of likely N-dealkylation sites (tertiary alicyclic amines) is 1. The number of aromatic nitrogens is 2. The van der Waals surface area contributed by atoms with Crippen LogP contribution in [0.2, 0.25) is 0 Å². The molecule has 0 radical (unpaired) electrons. The Morgan fingerprint density at radius 2 is 2.08 bits per heavy atom. The zero-order chi connectivity index (χ0) is 17.8. The zero-order valence-electron chi connectivity index (χ0n) is 14.9. The Morgan fingerprint density at radius 3 is 2.76 bits per heavy atom. The maximum atomic E-state index is 11.8. The van der Waals surface area contributed by atoms with Crippen LogP contribution in [0.1, 0.15) is 12.8 Å². The van der Waals surface area contributed by atoms with Crippen LogP contribution in [0.3, 0.4) is 0 Å². The van der Waals surface area contributed by atoms with Crippen molar-refractivity contribution in [3.05, 3.63) is 24.4 Å². The summed E-state index contributed by atoms with van der Waals surface area (Å²) in [5, 5.41) is 0.949. The number of hydrogen-bond donors (Lipinski definition) is 0. The molecule has 0 bridgehead atoms. The highest BCUT2D eigenvalue weighted by molar-refractivity contribution is 5.79. The molecule has 7 heteroatoms. The molecule has 0 atom stereocenters. The summed E-state index contributed by atoms with van der Waals surface area (Å²) < 4.78 is 11.2. The van der Waals surface area contributed by atoms with Gasteiger partial charge in [-0.15, -0.1) is 0 Å². The molecule has 1 aliphatic rings. The molecule has 2 aromatic rings. The number of hydrogen-bond acceptors (Lipinski definition) is 6. The highest BCUT2D eigenvalue weighted by Gasteiger charge is 2.23. The molecular formula is C18H24N4O3. The lowest BCUT2D eigenvalue weighted by Gasteiger charge is -2.31. The molecular weight excluding hydrogens is 320 g/mol. The smallest absolute Gasteiger partial charge is 0.317 e. The van der Waals surface area contributed by atoms with Crippen LogP contribution in [0.25, 0.3) is 10.9 Å². The molecule has 25 heavy (non-hydrogen) atoms. The van der Waals surface area contributed by atoms with Gasteiger partial charge in [-0.1, -0.05) is 0 Å². The van der Waals surface area contributed by atoms with Crippen molar-refractivity contribution >= 4 is 16.8 Å². The Morgan fingerprint density at radius 1 is 1.32 bits per heavy atom. The number of nitrogens with zero attached hydrogens (tertiary/aromatic N) is 4. The van der Waals surface area contributed by atoms with Gasteiger partial charge in [-0.25, -0.2) is 4.98 Å². The third kappa shape index (κ3) is 4.36. The van der Waals surface area contributed by atoms with Crippen LogP contribution in [0.15, 0.2) is 24.4 Å². The standard InChI is InChI=1S/C18H24N4O3/c1-21(2)17(23)12-22-8-6-14(7-9-22)25-18-19-11-13-4-5-15(24-3)10-16(13)20-18/h4-5,10-11,14H,6-9,12H2,1-3H3. The van der Waals surface area contributed by atoms with Crippen molar-refractivity contribution < 1.29 is 14.3 Å². The molecule has 1 aliphatic heterocycles. The number of likely N-dealkylation sites (N-methyl/N-ethyl adjacent to an activating group) is 1. The van der Waals surface area contributed by atoms with Crippen molar-refractivity contribution in [2.45, 2.75) is 18.9 Å². The molecule has 134 valence electrons. The quantitative estimate of drug-likeness (QED) is 0.820. The van der Waals surface area contributed by atoms with Crippen LogP contribution in [0.4, 0.5) is 0 Å². The van der Waals surface area contributed by atoms with Crippen molar-refractivity contribution in [1.82, 2.24) is 19.8 Å². The van der Waals surface area contributed by atoms with Crippen molar-refractivity contribution in [2.75, 3.05) is 40.8 Å². The van der Waals surface area contributed by atoms with Crippen LogP contribution >= 0.6 is 0 Å². The first-order valence-electron chi connectivity index (χ1n) is 8.45. The fraction of sp³-hybridized carbons (Fsp3) is 0.500. The van der Waals surface area contributed by atoms with E-state index in [-0.39, 0.29) is 12.0 Å². The number of carbonyl (C=O) groups is 1. The number of fused-ring (bicyclic) bond motifs is 1. The number of rotatable bonds is 5. The third-order valence-corrected chi connectivity index (χ3v) is 4.43. The molecule has 1 amide bonds. The molecule has 2 heterocycles. The summed E-state index contributed by atoms with van der Waals surface area (Å²) in [4.78, 5) is 24.3. The maximum Gasteiger partial charge on any atom is 0.317 e. The summed E-state index contributed by atoms with van der Waals surface area (Å²) in [6.45, 7) is 2.14. The predicted molar refractivity (Wildman–Crippen MR) is 94.9 cm³/mol. The van der Waals surface area contributed by atoms with Gasteiger partial charge in [0.2, 0.25) is 5.91 Å². The molecule has 1 fully saturated rings. The normalized spacial score (nSPS) is 16.0. The number of ether oxygens (including phenoxy) is 2. The zero-order valence-corrected chi connectivity index (χ0v) is 14.9. The lowest BCUT2D eigenvalue weighted by atomic mass is 10.1. The van der Waals surface area contributed by atoms with E-state index in [0.717, 1.165) is 42.6 Å². The highest BCUT2D eigenvalue weighted by Crippen LogP contribution is 2.22. The minimum absolute atomic E-state index is 0.0776. The van der Waals surface area contributed by atoms with E-state index in [1.807, 2.05) is 18.2 Å². The molecule has 3 rings (SSSR count). The van der Waals surface area contributed by atoms with Gasteiger partial charge < -0.3 is 14.4 Å². The Labute approximate surface area is 147 Å². The molecule has 0 aliphatic carbocycles. The molecule has 0 spiro atoms. The van der Waals surface area contributed by atoms with E-state index in [4.69, 9.17) is 9.47 Å². The first-order chi connectivity index (χ1) is 12.0.